The molecule has 1 aliphatic rings. The lowest BCUT2D eigenvalue weighted by Crippen LogP contribution is -2.43. The largest absolute Gasteiger partial charge is 0.379 e. The number of benzene rings is 1. The fourth-order valence-corrected chi connectivity index (χ4v) is 2.95. The number of carbonyl (C=O) groups excluding carboxylic acids is 1. The van der Waals surface area contributed by atoms with E-state index >= 15 is 0 Å². The molecule has 5 nitrogen and oxygen atoms in total. The van der Waals surface area contributed by atoms with Crippen molar-refractivity contribution < 1.29 is 9.53 Å². The summed E-state index contributed by atoms with van der Waals surface area (Å²) in [7, 11) is 0. The Morgan fingerprint density at radius 1 is 1.17 bits per heavy atom. The van der Waals surface area contributed by atoms with E-state index in [1.165, 1.54) is 0 Å². The molecule has 1 atom stereocenters. The third-order valence-electron chi connectivity index (χ3n) is 4.14. The molecule has 1 N–H and O–H groups in total. The number of morpholine rings is 1. The predicted molar refractivity (Wildman–Crippen MR) is 93.2 cm³/mol. The van der Waals surface area contributed by atoms with Crippen LogP contribution in [0.5, 0.6) is 0 Å². The maximum Gasteiger partial charge on any atom is 0.251 e. The van der Waals surface area contributed by atoms with Crippen LogP contribution >= 0.6 is 11.6 Å². The van der Waals surface area contributed by atoms with E-state index in [9.17, 15) is 4.79 Å². The van der Waals surface area contributed by atoms with Crippen LogP contribution in [0.3, 0.4) is 0 Å². The molecule has 1 aliphatic heterocycles. The second-order valence-electron chi connectivity index (χ2n) is 5.66. The van der Waals surface area contributed by atoms with Crippen molar-refractivity contribution in [3.8, 4) is 0 Å². The summed E-state index contributed by atoms with van der Waals surface area (Å²) in [5, 5.41) is 3.74. The van der Waals surface area contributed by atoms with Gasteiger partial charge in [0.1, 0.15) is 0 Å². The Balaban J connectivity index is 1.72. The van der Waals surface area contributed by atoms with E-state index in [0.29, 0.717) is 30.3 Å². The van der Waals surface area contributed by atoms with E-state index < -0.39 is 0 Å². The number of amides is 1. The van der Waals surface area contributed by atoms with Crippen LogP contribution in [0.1, 0.15) is 22.0 Å². The topological polar surface area (TPSA) is 54.5 Å². The van der Waals surface area contributed by atoms with Gasteiger partial charge in [0.05, 0.1) is 19.3 Å². The molecule has 1 amide bonds. The van der Waals surface area contributed by atoms with Crippen LogP contribution < -0.4 is 5.32 Å². The number of nitrogens with one attached hydrogen (secondary N) is 1. The lowest BCUT2D eigenvalue weighted by atomic mass is 10.0. The fraction of sp³-hybridized carbons (Fsp3) is 0.333. The average Bonchev–Trinajstić information content (AvgIpc) is 2.65. The van der Waals surface area contributed by atoms with Gasteiger partial charge in [0, 0.05) is 42.6 Å². The minimum absolute atomic E-state index is 0.0929. The lowest BCUT2D eigenvalue weighted by Gasteiger charge is -2.35. The molecule has 2 heterocycles. The minimum atomic E-state index is -0.0929. The second-order valence-corrected chi connectivity index (χ2v) is 6.10. The summed E-state index contributed by atoms with van der Waals surface area (Å²) in [6.45, 7) is 3.64. The van der Waals surface area contributed by atoms with Crippen LogP contribution in [0.15, 0.2) is 48.8 Å². The summed E-state index contributed by atoms with van der Waals surface area (Å²) in [5.74, 6) is -0.0929. The van der Waals surface area contributed by atoms with Gasteiger partial charge in [-0.05, 0) is 29.8 Å². The molecule has 1 fully saturated rings. The standard InChI is InChI=1S/C18H20ClN3O2/c19-16-3-1-14(2-4-16)17(22-9-11-24-12-10-22)13-21-18(23)15-5-7-20-8-6-15/h1-8,17H,9-13H2,(H,21,23). The molecule has 1 unspecified atom stereocenters. The first-order valence-corrected chi connectivity index (χ1v) is 8.37. The van der Waals surface area contributed by atoms with Crippen molar-refractivity contribution in [2.24, 2.45) is 0 Å². The molecule has 0 saturated carbocycles. The zero-order chi connectivity index (χ0) is 16.8. The molecule has 1 aromatic heterocycles. The normalized spacial score (nSPS) is 16.5. The smallest absolute Gasteiger partial charge is 0.251 e. The number of hydrogen-bond acceptors (Lipinski definition) is 4. The molecule has 1 saturated heterocycles. The number of nitrogens with zero attached hydrogens (tertiary/aromatic N) is 2. The Bertz CT molecular complexity index is 658. The first-order chi connectivity index (χ1) is 11.7. The van der Waals surface area contributed by atoms with Gasteiger partial charge >= 0.3 is 0 Å². The Morgan fingerprint density at radius 3 is 2.50 bits per heavy atom. The Morgan fingerprint density at radius 2 is 1.83 bits per heavy atom. The van der Waals surface area contributed by atoms with Crippen LogP contribution in [0.25, 0.3) is 0 Å². The van der Waals surface area contributed by atoms with Gasteiger partial charge in [-0.1, -0.05) is 23.7 Å². The molecule has 24 heavy (non-hydrogen) atoms. The van der Waals surface area contributed by atoms with Gasteiger partial charge in [-0.2, -0.15) is 0 Å². The van der Waals surface area contributed by atoms with Crippen LogP contribution in [0.4, 0.5) is 0 Å². The second kappa shape index (κ2) is 8.24. The van der Waals surface area contributed by atoms with Gasteiger partial charge in [-0.15, -0.1) is 0 Å². The first-order valence-electron chi connectivity index (χ1n) is 7.99. The summed E-state index contributed by atoms with van der Waals surface area (Å²) in [4.78, 5) is 18.6. The van der Waals surface area contributed by atoms with Gasteiger partial charge < -0.3 is 10.1 Å². The van der Waals surface area contributed by atoms with Crippen LogP contribution in [-0.4, -0.2) is 48.6 Å². The van der Waals surface area contributed by atoms with Gasteiger partial charge in [0.2, 0.25) is 0 Å². The summed E-state index contributed by atoms with van der Waals surface area (Å²) in [6, 6.07) is 11.3. The highest BCUT2D eigenvalue weighted by atomic mass is 35.5. The quantitative estimate of drug-likeness (QED) is 0.904. The third kappa shape index (κ3) is 4.32. The SMILES string of the molecule is O=C(NCC(c1ccc(Cl)cc1)N1CCOCC1)c1ccncc1. The minimum Gasteiger partial charge on any atom is -0.379 e. The van der Waals surface area contributed by atoms with Crippen molar-refractivity contribution >= 4 is 17.5 Å². The van der Waals surface area contributed by atoms with E-state index in [-0.39, 0.29) is 11.9 Å². The zero-order valence-corrected chi connectivity index (χ0v) is 14.1. The number of aromatic nitrogens is 1. The van der Waals surface area contributed by atoms with Gasteiger partial charge in [-0.25, -0.2) is 0 Å². The molecule has 0 aliphatic carbocycles. The predicted octanol–water partition coefficient (Wildman–Crippen LogP) is 2.54. The summed E-state index contributed by atoms with van der Waals surface area (Å²) in [5.41, 5.74) is 1.75. The number of carbonyl (C=O) groups is 1. The molecular weight excluding hydrogens is 326 g/mol. The zero-order valence-electron chi connectivity index (χ0n) is 13.3. The lowest BCUT2D eigenvalue weighted by molar-refractivity contribution is 0.0162. The first kappa shape index (κ1) is 16.9. The molecule has 0 spiro atoms. The van der Waals surface area contributed by atoms with Crippen molar-refractivity contribution in [2.75, 3.05) is 32.8 Å². The van der Waals surface area contributed by atoms with E-state index in [2.05, 4.69) is 15.2 Å². The molecule has 2 aromatic rings. The number of rotatable bonds is 5. The van der Waals surface area contributed by atoms with Gasteiger partial charge in [0.15, 0.2) is 0 Å². The maximum atomic E-state index is 12.3. The fourth-order valence-electron chi connectivity index (χ4n) is 2.83. The van der Waals surface area contributed by atoms with Crippen molar-refractivity contribution in [1.29, 1.82) is 0 Å². The number of hydrogen-bond donors (Lipinski definition) is 1. The van der Waals surface area contributed by atoms with E-state index in [0.717, 1.165) is 18.7 Å². The summed E-state index contributed by atoms with van der Waals surface area (Å²) < 4.78 is 5.44. The molecule has 0 bridgehead atoms. The highest BCUT2D eigenvalue weighted by Gasteiger charge is 2.23. The van der Waals surface area contributed by atoms with E-state index in [1.54, 1.807) is 24.5 Å². The third-order valence-corrected chi connectivity index (χ3v) is 4.39. The average molecular weight is 346 g/mol. The molecular formula is C18H20ClN3O2. The molecule has 1 aromatic carbocycles. The monoisotopic (exact) mass is 345 g/mol. The van der Waals surface area contributed by atoms with Crippen LogP contribution in [-0.2, 0) is 4.74 Å². The number of halogens is 1. The van der Waals surface area contributed by atoms with Crippen LogP contribution in [0.2, 0.25) is 5.02 Å². The van der Waals surface area contributed by atoms with Crippen LogP contribution in [0, 0.1) is 0 Å². The van der Waals surface area contributed by atoms with Crippen molar-refractivity contribution in [1.82, 2.24) is 15.2 Å². The Labute approximate surface area is 146 Å². The molecule has 126 valence electrons. The molecule has 0 radical (unpaired) electrons. The Kier molecular flexibility index (Phi) is 5.80. The van der Waals surface area contributed by atoms with Crippen molar-refractivity contribution in [3.63, 3.8) is 0 Å². The highest BCUT2D eigenvalue weighted by molar-refractivity contribution is 6.30. The van der Waals surface area contributed by atoms with Gasteiger partial charge in [0.25, 0.3) is 5.91 Å². The van der Waals surface area contributed by atoms with E-state index in [4.69, 9.17) is 16.3 Å². The number of ether oxygens (including phenoxy) is 1. The molecule has 3 rings (SSSR count). The summed E-state index contributed by atoms with van der Waals surface area (Å²) >= 11 is 6.00. The van der Waals surface area contributed by atoms with Gasteiger partial charge in [-0.3, -0.25) is 14.7 Å². The molecule has 6 heteroatoms. The van der Waals surface area contributed by atoms with Crippen molar-refractivity contribution in [3.05, 3.63) is 64.9 Å². The van der Waals surface area contributed by atoms with E-state index in [1.807, 2.05) is 24.3 Å². The number of pyridine rings is 1. The highest BCUT2D eigenvalue weighted by Crippen LogP contribution is 2.23. The van der Waals surface area contributed by atoms with Crippen molar-refractivity contribution in [2.45, 2.75) is 6.04 Å². The maximum absolute atomic E-state index is 12.3. The Hall–Kier alpha value is -1.95. The summed E-state index contributed by atoms with van der Waals surface area (Å²) in [6.07, 6.45) is 3.24.